The van der Waals surface area contributed by atoms with Crippen molar-refractivity contribution in [1.82, 2.24) is 0 Å². The highest BCUT2D eigenvalue weighted by Crippen LogP contribution is 2.67. The number of carbonyl (C=O) groups is 1. The van der Waals surface area contributed by atoms with Crippen molar-refractivity contribution >= 4 is 5.78 Å². The summed E-state index contributed by atoms with van der Waals surface area (Å²) < 4.78 is 13.0. The fourth-order valence-corrected chi connectivity index (χ4v) is 7.92. The Bertz CT molecular complexity index is 488. The molecule has 4 aliphatic rings. The van der Waals surface area contributed by atoms with Gasteiger partial charge in [-0.2, -0.15) is 0 Å². The molecule has 4 aliphatic carbocycles. The number of carbonyl (C=O) groups excluding carboxylic acids is 1. The van der Waals surface area contributed by atoms with Gasteiger partial charge in [-0.05, 0) is 85.9 Å². The van der Waals surface area contributed by atoms with Crippen molar-refractivity contribution < 1.29 is 9.18 Å². The van der Waals surface area contributed by atoms with Crippen LogP contribution in [0.15, 0.2) is 0 Å². The third kappa shape index (κ3) is 2.19. The molecule has 0 radical (unpaired) electrons. The van der Waals surface area contributed by atoms with Gasteiger partial charge in [0.25, 0.3) is 0 Å². The molecule has 0 N–H and O–H groups in total. The summed E-state index contributed by atoms with van der Waals surface area (Å²) in [4.78, 5) is 12.2. The Morgan fingerprint density at radius 2 is 1.70 bits per heavy atom. The fourth-order valence-electron chi connectivity index (χ4n) is 7.92. The first-order chi connectivity index (χ1) is 11.0. The monoisotopic (exact) mass is 320 g/mol. The Morgan fingerprint density at radius 3 is 2.48 bits per heavy atom. The lowest BCUT2D eigenvalue weighted by molar-refractivity contribution is -0.135. The zero-order valence-electron chi connectivity index (χ0n) is 15.0. The van der Waals surface area contributed by atoms with Crippen LogP contribution in [0.2, 0.25) is 0 Å². The van der Waals surface area contributed by atoms with Crippen LogP contribution < -0.4 is 0 Å². The van der Waals surface area contributed by atoms with Crippen LogP contribution in [-0.2, 0) is 4.79 Å². The SMILES string of the molecule is C[C@]12CC[C@H]3[C@@H](CCC4CCCC[C@@]43C)[C@@H]1CC[C@@H]2C(=O)CF. The van der Waals surface area contributed by atoms with Gasteiger partial charge in [0.1, 0.15) is 6.67 Å². The molecule has 0 bridgehead atoms. The number of rotatable bonds is 2. The first-order valence-electron chi connectivity index (χ1n) is 10.1. The molecule has 0 saturated heterocycles. The van der Waals surface area contributed by atoms with Crippen molar-refractivity contribution in [3.05, 3.63) is 0 Å². The number of halogens is 1. The third-order valence-corrected chi connectivity index (χ3v) is 9.10. The van der Waals surface area contributed by atoms with Crippen molar-refractivity contribution in [3.63, 3.8) is 0 Å². The van der Waals surface area contributed by atoms with Crippen LogP contribution in [0, 0.1) is 40.4 Å². The molecule has 0 amide bonds. The number of alkyl halides is 1. The highest BCUT2D eigenvalue weighted by atomic mass is 19.1. The molecule has 0 aromatic heterocycles. The van der Waals surface area contributed by atoms with Crippen LogP contribution in [0.25, 0.3) is 0 Å². The zero-order chi connectivity index (χ0) is 16.2. The van der Waals surface area contributed by atoms with E-state index >= 15 is 0 Å². The Kier molecular flexibility index (Phi) is 3.89. The topological polar surface area (TPSA) is 17.1 Å². The van der Waals surface area contributed by atoms with E-state index in [1.165, 1.54) is 51.4 Å². The number of Topliss-reactive ketones (excluding diaryl/α,β-unsaturated/α-hetero) is 1. The first kappa shape index (κ1) is 16.1. The van der Waals surface area contributed by atoms with Gasteiger partial charge in [-0.3, -0.25) is 4.79 Å². The molecule has 4 fully saturated rings. The molecule has 7 atom stereocenters. The Hall–Kier alpha value is -0.400. The smallest absolute Gasteiger partial charge is 0.167 e. The van der Waals surface area contributed by atoms with Crippen LogP contribution >= 0.6 is 0 Å². The fraction of sp³-hybridized carbons (Fsp3) is 0.952. The number of fused-ring (bicyclic) bond motifs is 5. The zero-order valence-corrected chi connectivity index (χ0v) is 15.0. The van der Waals surface area contributed by atoms with Gasteiger partial charge in [0.2, 0.25) is 0 Å². The summed E-state index contributed by atoms with van der Waals surface area (Å²) in [7, 11) is 0. The van der Waals surface area contributed by atoms with E-state index in [-0.39, 0.29) is 17.1 Å². The lowest BCUT2D eigenvalue weighted by Crippen LogP contribution is -2.53. The van der Waals surface area contributed by atoms with Crippen LogP contribution in [0.3, 0.4) is 0 Å². The van der Waals surface area contributed by atoms with E-state index in [2.05, 4.69) is 13.8 Å². The molecule has 23 heavy (non-hydrogen) atoms. The van der Waals surface area contributed by atoms with E-state index in [0.717, 1.165) is 30.6 Å². The summed E-state index contributed by atoms with van der Waals surface area (Å²) in [5.74, 6) is 3.22. The maximum Gasteiger partial charge on any atom is 0.167 e. The maximum absolute atomic E-state index is 13.0. The first-order valence-corrected chi connectivity index (χ1v) is 10.1. The molecule has 0 aromatic carbocycles. The van der Waals surface area contributed by atoms with E-state index in [4.69, 9.17) is 0 Å². The minimum Gasteiger partial charge on any atom is -0.296 e. The minimum absolute atomic E-state index is 0.00957. The van der Waals surface area contributed by atoms with Gasteiger partial charge in [-0.15, -0.1) is 0 Å². The summed E-state index contributed by atoms with van der Waals surface area (Å²) in [5, 5.41) is 0. The van der Waals surface area contributed by atoms with Crippen LogP contribution in [0.1, 0.15) is 78.1 Å². The molecule has 2 heteroatoms. The number of ketones is 1. The molecular formula is C21H33FO. The summed E-state index contributed by atoms with van der Waals surface area (Å²) in [6, 6.07) is 0. The molecular weight excluding hydrogens is 287 g/mol. The second-order valence-electron chi connectivity index (χ2n) is 9.68. The Morgan fingerprint density at radius 1 is 0.913 bits per heavy atom. The second-order valence-corrected chi connectivity index (χ2v) is 9.68. The average molecular weight is 320 g/mol. The van der Waals surface area contributed by atoms with Gasteiger partial charge in [-0.1, -0.05) is 26.7 Å². The van der Waals surface area contributed by atoms with Gasteiger partial charge in [0, 0.05) is 5.92 Å². The van der Waals surface area contributed by atoms with E-state index in [0.29, 0.717) is 11.3 Å². The van der Waals surface area contributed by atoms with E-state index < -0.39 is 6.67 Å². The van der Waals surface area contributed by atoms with Crippen molar-refractivity contribution in [1.29, 1.82) is 0 Å². The number of hydrogen-bond acceptors (Lipinski definition) is 1. The molecule has 0 aromatic rings. The molecule has 130 valence electrons. The molecule has 4 rings (SSSR count). The highest BCUT2D eigenvalue weighted by Gasteiger charge is 2.60. The molecule has 0 aliphatic heterocycles. The van der Waals surface area contributed by atoms with Gasteiger partial charge in [0.15, 0.2) is 5.78 Å². The third-order valence-electron chi connectivity index (χ3n) is 9.10. The normalized spacial score (nSPS) is 52.4. The molecule has 4 saturated carbocycles. The average Bonchev–Trinajstić information content (AvgIpc) is 2.91. The van der Waals surface area contributed by atoms with Gasteiger partial charge in [0.05, 0.1) is 0 Å². The maximum atomic E-state index is 13.0. The highest BCUT2D eigenvalue weighted by molar-refractivity contribution is 5.83. The molecule has 1 nitrogen and oxygen atoms in total. The van der Waals surface area contributed by atoms with E-state index in [1.54, 1.807) is 0 Å². The molecule has 0 spiro atoms. The molecule has 1 unspecified atom stereocenters. The summed E-state index contributed by atoms with van der Waals surface area (Å²) in [6.07, 6.45) is 13.1. The number of hydrogen-bond donors (Lipinski definition) is 0. The lowest BCUT2D eigenvalue weighted by Gasteiger charge is -2.60. The Labute approximate surface area is 140 Å². The van der Waals surface area contributed by atoms with E-state index in [9.17, 15) is 9.18 Å². The van der Waals surface area contributed by atoms with Gasteiger partial charge >= 0.3 is 0 Å². The van der Waals surface area contributed by atoms with Crippen molar-refractivity contribution in [2.45, 2.75) is 78.1 Å². The van der Waals surface area contributed by atoms with Crippen molar-refractivity contribution in [2.24, 2.45) is 40.4 Å². The van der Waals surface area contributed by atoms with Crippen molar-refractivity contribution in [3.8, 4) is 0 Å². The Balaban J connectivity index is 1.61. The lowest BCUT2D eigenvalue weighted by atomic mass is 9.45. The largest absolute Gasteiger partial charge is 0.296 e. The minimum atomic E-state index is -0.749. The van der Waals surface area contributed by atoms with Gasteiger partial charge in [-0.25, -0.2) is 4.39 Å². The quantitative estimate of drug-likeness (QED) is 0.649. The van der Waals surface area contributed by atoms with Crippen molar-refractivity contribution in [2.75, 3.05) is 6.67 Å². The summed E-state index contributed by atoms with van der Waals surface area (Å²) in [6.45, 7) is 4.17. The summed E-state index contributed by atoms with van der Waals surface area (Å²) in [5.41, 5.74) is 0.660. The standard InChI is InChI=1S/C21H33FO/c1-20-11-4-3-5-14(20)6-7-15-16-8-9-18(19(23)13-22)21(16,2)12-10-17(15)20/h14-18H,3-13H2,1-2H3/t14?,15-,16-,17-,18+,20-,21-/m0/s1. The predicted octanol–water partition coefficient (Wildman–Crippen LogP) is 5.57. The predicted molar refractivity (Wildman–Crippen MR) is 90.8 cm³/mol. The van der Waals surface area contributed by atoms with Crippen LogP contribution in [0.5, 0.6) is 0 Å². The van der Waals surface area contributed by atoms with Crippen LogP contribution in [-0.4, -0.2) is 12.5 Å². The summed E-state index contributed by atoms with van der Waals surface area (Å²) >= 11 is 0. The molecule has 0 heterocycles. The second kappa shape index (κ2) is 5.56. The van der Waals surface area contributed by atoms with E-state index in [1.807, 2.05) is 0 Å². The van der Waals surface area contributed by atoms with Gasteiger partial charge < -0.3 is 0 Å². The van der Waals surface area contributed by atoms with Crippen LogP contribution in [0.4, 0.5) is 4.39 Å².